The molecule has 1 aromatic rings. The van der Waals surface area contributed by atoms with Crippen LogP contribution in [0.5, 0.6) is 5.75 Å². The summed E-state index contributed by atoms with van der Waals surface area (Å²) in [6.45, 7) is 21.3. The van der Waals surface area contributed by atoms with Crippen molar-refractivity contribution in [1.29, 1.82) is 0 Å². The number of phenolic OH excluding ortho intramolecular Hbond substituents is 1. The van der Waals surface area contributed by atoms with Crippen molar-refractivity contribution in [3.63, 3.8) is 0 Å². The normalized spacial score (nSPS) is 24.5. The molecule has 2 N–H and O–H groups in total. The maximum Gasteiger partial charge on any atom is 0.306 e. The molecule has 0 spiro atoms. The van der Waals surface area contributed by atoms with Gasteiger partial charge in [0.05, 0.1) is 0 Å². The Labute approximate surface area is 183 Å². The van der Waals surface area contributed by atoms with Crippen molar-refractivity contribution in [1.82, 2.24) is 5.32 Å². The van der Waals surface area contributed by atoms with Gasteiger partial charge in [0.2, 0.25) is 0 Å². The number of carbonyl (C=O) groups excluding carboxylic acids is 1. The van der Waals surface area contributed by atoms with Gasteiger partial charge in [-0.05, 0) is 54.7 Å². The maximum absolute atomic E-state index is 12.7. The van der Waals surface area contributed by atoms with E-state index in [-0.39, 0.29) is 34.4 Å². The summed E-state index contributed by atoms with van der Waals surface area (Å²) in [6.07, 6.45) is 1.73. The van der Waals surface area contributed by atoms with E-state index in [0.717, 1.165) is 23.1 Å². The van der Waals surface area contributed by atoms with Crippen LogP contribution in [0.4, 0.5) is 0 Å². The van der Waals surface area contributed by atoms with Gasteiger partial charge in [-0.25, -0.2) is 0 Å². The lowest BCUT2D eigenvalue weighted by atomic mass is 9.78. The number of phenols is 1. The fourth-order valence-corrected chi connectivity index (χ4v) is 4.42. The average Bonchev–Trinajstić information content (AvgIpc) is 2.55. The van der Waals surface area contributed by atoms with E-state index in [1.54, 1.807) is 0 Å². The number of rotatable bonds is 4. The van der Waals surface area contributed by atoms with Crippen LogP contribution in [0.15, 0.2) is 12.1 Å². The van der Waals surface area contributed by atoms with E-state index >= 15 is 0 Å². The smallest absolute Gasteiger partial charge is 0.306 e. The second kappa shape index (κ2) is 8.53. The molecule has 0 aromatic heterocycles. The third-order valence-corrected chi connectivity index (χ3v) is 6.39. The highest BCUT2D eigenvalue weighted by Crippen LogP contribution is 2.40. The van der Waals surface area contributed by atoms with Gasteiger partial charge in [0.15, 0.2) is 0 Å². The highest BCUT2D eigenvalue weighted by Gasteiger charge is 2.38. The van der Waals surface area contributed by atoms with Crippen LogP contribution < -0.4 is 5.32 Å². The molecule has 3 atom stereocenters. The summed E-state index contributed by atoms with van der Waals surface area (Å²) in [4.78, 5) is 12.7. The molecular weight excluding hydrogens is 374 g/mol. The maximum atomic E-state index is 12.7. The Hall–Kier alpha value is -1.55. The van der Waals surface area contributed by atoms with Gasteiger partial charge in [-0.15, -0.1) is 0 Å². The van der Waals surface area contributed by atoms with Gasteiger partial charge < -0.3 is 15.2 Å². The van der Waals surface area contributed by atoms with E-state index < -0.39 is 0 Å². The van der Waals surface area contributed by atoms with Gasteiger partial charge in [0.25, 0.3) is 0 Å². The summed E-state index contributed by atoms with van der Waals surface area (Å²) < 4.78 is 5.92. The van der Waals surface area contributed by atoms with Crippen molar-refractivity contribution in [2.24, 2.45) is 5.92 Å². The highest BCUT2D eigenvalue weighted by molar-refractivity contribution is 5.70. The number of benzene rings is 1. The fraction of sp³-hybridized carbons (Fsp3) is 0.731. The Balaban J connectivity index is 2.16. The van der Waals surface area contributed by atoms with Gasteiger partial charge in [0.1, 0.15) is 11.9 Å². The molecule has 3 unspecified atom stereocenters. The topological polar surface area (TPSA) is 58.6 Å². The SMILES string of the molecule is CC1NC(C)(C)CC(OC(=O)CCc2cc(C(C)(C)C)c(O)c(C(C)(C)C)c2)C1C. The molecule has 0 saturated carbocycles. The Morgan fingerprint density at radius 2 is 1.60 bits per heavy atom. The molecule has 4 heteroatoms. The number of carbonyl (C=O) groups is 1. The molecule has 1 fully saturated rings. The Kier molecular flexibility index (Phi) is 7.03. The first kappa shape index (κ1) is 24.7. The average molecular weight is 418 g/mol. The number of aryl methyl sites for hydroxylation is 1. The molecule has 170 valence electrons. The fourth-order valence-electron chi connectivity index (χ4n) is 4.42. The predicted molar refractivity (Wildman–Crippen MR) is 124 cm³/mol. The molecule has 0 bridgehead atoms. The van der Waals surface area contributed by atoms with Gasteiger partial charge >= 0.3 is 5.97 Å². The Bertz CT molecular complexity index is 732. The Morgan fingerprint density at radius 1 is 1.10 bits per heavy atom. The van der Waals surface area contributed by atoms with Crippen molar-refractivity contribution in [3.8, 4) is 5.75 Å². The minimum atomic E-state index is -0.174. The summed E-state index contributed by atoms with van der Waals surface area (Å²) in [7, 11) is 0. The first-order chi connectivity index (χ1) is 13.5. The number of ether oxygens (including phenoxy) is 1. The van der Waals surface area contributed by atoms with Crippen LogP contribution in [0.25, 0.3) is 0 Å². The molecular formula is C26H43NO3. The monoisotopic (exact) mass is 417 g/mol. The number of hydrogen-bond acceptors (Lipinski definition) is 4. The third-order valence-electron chi connectivity index (χ3n) is 6.39. The van der Waals surface area contributed by atoms with Gasteiger partial charge in [-0.1, -0.05) is 60.6 Å². The third kappa shape index (κ3) is 6.00. The molecule has 0 amide bonds. The van der Waals surface area contributed by atoms with Crippen LogP contribution in [-0.4, -0.2) is 28.8 Å². The highest BCUT2D eigenvalue weighted by atomic mass is 16.5. The molecule has 4 nitrogen and oxygen atoms in total. The van der Waals surface area contributed by atoms with Crippen molar-refractivity contribution in [2.45, 2.75) is 117 Å². The van der Waals surface area contributed by atoms with E-state index in [0.29, 0.717) is 24.6 Å². The molecule has 1 heterocycles. The number of piperidine rings is 1. The minimum absolute atomic E-state index is 0.0307. The molecule has 2 rings (SSSR count). The molecule has 1 saturated heterocycles. The van der Waals surface area contributed by atoms with E-state index in [1.165, 1.54) is 0 Å². The zero-order valence-electron chi connectivity index (χ0n) is 20.8. The van der Waals surface area contributed by atoms with Crippen molar-refractivity contribution in [3.05, 3.63) is 28.8 Å². The number of hydrogen-bond donors (Lipinski definition) is 2. The van der Waals surface area contributed by atoms with Crippen LogP contribution in [0.2, 0.25) is 0 Å². The van der Waals surface area contributed by atoms with E-state index in [1.807, 2.05) is 0 Å². The molecule has 30 heavy (non-hydrogen) atoms. The van der Waals surface area contributed by atoms with Crippen molar-refractivity contribution >= 4 is 5.97 Å². The Morgan fingerprint density at radius 3 is 2.07 bits per heavy atom. The summed E-state index contributed by atoms with van der Waals surface area (Å²) in [6, 6.07) is 4.42. The summed E-state index contributed by atoms with van der Waals surface area (Å²) in [5, 5.41) is 14.5. The largest absolute Gasteiger partial charge is 0.507 e. The number of esters is 1. The molecule has 1 aliphatic heterocycles. The quantitative estimate of drug-likeness (QED) is 0.624. The number of nitrogens with one attached hydrogen (secondary N) is 1. The van der Waals surface area contributed by atoms with E-state index in [9.17, 15) is 9.90 Å². The lowest BCUT2D eigenvalue weighted by Crippen LogP contribution is -2.57. The van der Waals surface area contributed by atoms with Crippen LogP contribution >= 0.6 is 0 Å². The van der Waals surface area contributed by atoms with Crippen molar-refractivity contribution < 1.29 is 14.6 Å². The van der Waals surface area contributed by atoms with Gasteiger partial charge in [-0.3, -0.25) is 4.79 Å². The molecule has 0 aliphatic carbocycles. The second-order valence-corrected chi connectivity index (χ2v) is 11.9. The van der Waals surface area contributed by atoms with Crippen LogP contribution in [0.1, 0.15) is 98.8 Å². The van der Waals surface area contributed by atoms with Gasteiger partial charge in [0, 0.05) is 30.3 Å². The predicted octanol–water partition coefficient (Wildman–Crippen LogP) is 5.63. The second-order valence-electron chi connectivity index (χ2n) is 11.9. The lowest BCUT2D eigenvalue weighted by Gasteiger charge is -2.44. The first-order valence-corrected chi connectivity index (χ1v) is 11.4. The number of aromatic hydroxyl groups is 1. The summed E-state index contributed by atoms with van der Waals surface area (Å²) in [5.41, 5.74) is 2.56. The minimum Gasteiger partial charge on any atom is -0.507 e. The zero-order valence-corrected chi connectivity index (χ0v) is 20.8. The van der Waals surface area contributed by atoms with Gasteiger partial charge in [-0.2, -0.15) is 0 Å². The molecule has 0 radical (unpaired) electrons. The van der Waals surface area contributed by atoms with Crippen molar-refractivity contribution in [2.75, 3.05) is 0 Å². The molecule has 1 aliphatic rings. The standard InChI is InChI=1S/C26H43NO3/c1-16-17(2)27-26(9,10)15-21(16)30-22(28)12-11-18-13-19(24(3,4)5)23(29)20(14-18)25(6,7)8/h13-14,16-17,21,27,29H,11-12,15H2,1-10H3. The summed E-state index contributed by atoms with van der Waals surface area (Å²) >= 11 is 0. The van der Waals surface area contributed by atoms with E-state index in [4.69, 9.17) is 4.74 Å². The first-order valence-electron chi connectivity index (χ1n) is 11.4. The summed E-state index contributed by atoms with van der Waals surface area (Å²) in [5.74, 6) is 0.524. The van der Waals surface area contributed by atoms with Crippen LogP contribution in [0, 0.1) is 5.92 Å². The zero-order chi connectivity index (χ0) is 23.1. The van der Waals surface area contributed by atoms with E-state index in [2.05, 4.69) is 86.7 Å². The van der Waals surface area contributed by atoms with Crippen LogP contribution in [-0.2, 0) is 26.8 Å². The lowest BCUT2D eigenvalue weighted by molar-refractivity contribution is -0.155. The molecule has 1 aromatic carbocycles. The van der Waals surface area contributed by atoms with Crippen LogP contribution in [0.3, 0.4) is 0 Å².